The smallest absolute Gasteiger partial charge is 0.220 e. The zero-order valence-corrected chi connectivity index (χ0v) is 11.1. The monoisotopic (exact) mass is 287 g/mol. The molecule has 21 heavy (non-hydrogen) atoms. The Hall–Kier alpha value is -2.76. The summed E-state index contributed by atoms with van der Waals surface area (Å²) < 4.78 is 33.1. The predicted octanol–water partition coefficient (Wildman–Crippen LogP) is 3.17. The third kappa shape index (κ3) is 2.24. The van der Waals surface area contributed by atoms with E-state index in [1.807, 2.05) is 0 Å². The summed E-state index contributed by atoms with van der Waals surface area (Å²) in [5.41, 5.74) is 6.34. The summed E-state index contributed by atoms with van der Waals surface area (Å²) in [6.45, 7) is 0. The third-order valence-corrected chi connectivity index (χ3v) is 3.16. The normalized spacial score (nSPS) is 10.8. The molecule has 6 heteroatoms. The average Bonchev–Trinajstić information content (AvgIpc) is 2.47. The summed E-state index contributed by atoms with van der Waals surface area (Å²) in [4.78, 5) is 7.92. The fraction of sp³-hybridized carbons (Fsp3) is 0.0667. The Kier molecular flexibility index (Phi) is 3.13. The van der Waals surface area contributed by atoms with Gasteiger partial charge >= 0.3 is 0 Å². The molecule has 1 aromatic heterocycles. The molecule has 0 bridgehead atoms. The molecule has 0 spiro atoms. The van der Waals surface area contributed by atoms with Crippen molar-refractivity contribution >= 4 is 16.9 Å². The van der Waals surface area contributed by atoms with E-state index in [9.17, 15) is 8.78 Å². The van der Waals surface area contributed by atoms with Gasteiger partial charge in [-0.15, -0.1) is 0 Å². The van der Waals surface area contributed by atoms with E-state index in [1.54, 1.807) is 18.2 Å². The van der Waals surface area contributed by atoms with Crippen molar-refractivity contribution < 1.29 is 13.5 Å². The van der Waals surface area contributed by atoms with Crippen LogP contribution in [0.1, 0.15) is 0 Å². The zero-order valence-electron chi connectivity index (χ0n) is 11.1. The van der Waals surface area contributed by atoms with Gasteiger partial charge in [0.1, 0.15) is 5.82 Å². The van der Waals surface area contributed by atoms with Crippen molar-refractivity contribution in [1.82, 2.24) is 9.97 Å². The molecular weight excluding hydrogens is 276 g/mol. The number of benzene rings is 2. The Morgan fingerprint density at radius 3 is 2.71 bits per heavy atom. The molecule has 2 aromatic carbocycles. The first-order chi connectivity index (χ1) is 10.1. The number of anilines is 1. The maximum atomic E-state index is 14.3. The minimum atomic E-state index is -0.742. The van der Waals surface area contributed by atoms with Gasteiger partial charge in [-0.25, -0.2) is 18.7 Å². The molecule has 3 rings (SSSR count). The average molecular weight is 287 g/mol. The van der Waals surface area contributed by atoms with Gasteiger partial charge in [-0.2, -0.15) is 0 Å². The molecule has 0 aliphatic rings. The Balaban J connectivity index is 2.23. The standard InChI is InChI=1S/C15H11F2N3O/c1-21-12-5-3-10(16)13(14(12)17)8-2-4-11-9(6-8)7-19-15(18)20-11/h2-7H,1H3,(H2,18,19,20). The van der Waals surface area contributed by atoms with Crippen LogP contribution in [0.2, 0.25) is 0 Å². The van der Waals surface area contributed by atoms with Crippen molar-refractivity contribution in [2.45, 2.75) is 0 Å². The minimum absolute atomic E-state index is 0.0138. The first-order valence-electron chi connectivity index (χ1n) is 6.15. The molecule has 2 N–H and O–H groups in total. The van der Waals surface area contributed by atoms with Crippen LogP contribution in [0.3, 0.4) is 0 Å². The number of aromatic nitrogens is 2. The lowest BCUT2D eigenvalue weighted by Gasteiger charge is -2.09. The van der Waals surface area contributed by atoms with Crippen LogP contribution in [-0.4, -0.2) is 17.1 Å². The number of hydrogen-bond donors (Lipinski definition) is 1. The number of ether oxygens (including phenoxy) is 1. The van der Waals surface area contributed by atoms with Crippen LogP contribution < -0.4 is 10.5 Å². The minimum Gasteiger partial charge on any atom is -0.494 e. The maximum absolute atomic E-state index is 14.3. The molecule has 0 saturated carbocycles. The van der Waals surface area contributed by atoms with Gasteiger partial charge in [0.05, 0.1) is 18.2 Å². The van der Waals surface area contributed by atoms with Crippen LogP contribution in [0.25, 0.3) is 22.0 Å². The van der Waals surface area contributed by atoms with Gasteiger partial charge in [0.2, 0.25) is 5.95 Å². The van der Waals surface area contributed by atoms with E-state index in [4.69, 9.17) is 10.5 Å². The van der Waals surface area contributed by atoms with E-state index in [0.717, 1.165) is 0 Å². The largest absolute Gasteiger partial charge is 0.494 e. The summed E-state index contributed by atoms with van der Waals surface area (Å²) >= 11 is 0. The molecule has 3 aromatic rings. The molecule has 0 radical (unpaired) electrons. The summed E-state index contributed by atoms with van der Waals surface area (Å²) in [7, 11) is 1.33. The molecule has 0 aliphatic heterocycles. The maximum Gasteiger partial charge on any atom is 0.220 e. The molecule has 0 unspecified atom stereocenters. The van der Waals surface area contributed by atoms with E-state index >= 15 is 0 Å². The Morgan fingerprint density at radius 1 is 1.14 bits per heavy atom. The van der Waals surface area contributed by atoms with E-state index in [0.29, 0.717) is 16.5 Å². The van der Waals surface area contributed by atoms with Crippen molar-refractivity contribution in [2.24, 2.45) is 0 Å². The van der Waals surface area contributed by atoms with E-state index in [-0.39, 0.29) is 17.3 Å². The highest BCUT2D eigenvalue weighted by Crippen LogP contribution is 2.33. The molecule has 0 saturated heterocycles. The van der Waals surface area contributed by atoms with Crippen LogP contribution >= 0.6 is 0 Å². The molecule has 1 heterocycles. The molecule has 0 amide bonds. The van der Waals surface area contributed by atoms with Crippen LogP contribution in [-0.2, 0) is 0 Å². The second-order valence-electron chi connectivity index (χ2n) is 4.44. The van der Waals surface area contributed by atoms with Gasteiger partial charge in [-0.05, 0) is 29.8 Å². The topological polar surface area (TPSA) is 61.0 Å². The highest BCUT2D eigenvalue weighted by atomic mass is 19.1. The quantitative estimate of drug-likeness (QED) is 0.786. The van der Waals surface area contributed by atoms with Crippen LogP contribution in [0.15, 0.2) is 36.5 Å². The number of hydrogen-bond acceptors (Lipinski definition) is 4. The van der Waals surface area contributed by atoms with E-state index < -0.39 is 11.6 Å². The molecule has 0 aliphatic carbocycles. The number of fused-ring (bicyclic) bond motifs is 1. The highest BCUT2D eigenvalue weighted by Gasteiger charge is 2.16. The lowest BCUT2D eigenvalue weighted by Crippen LogP contribution is -1.96. The summed E-state index contributed by atoms with van der Waals surface area (Å²) in [5.74, 6) is -1.27. The molecular formula is C15H11F2N3O. The van der Waals surface area contributed by atoms with Gasteiger partial charge in [0.15, 0.2) is 11.6 Å². The summed E-state index contributed by atoms with van der Waals surface area (Å²) in [6, 6.07) is 7.24. The SMILES string of the molecule is COc1ccc(F)c(-c2ccc3nc(N)ncc3c2)c1F. The number of nitrogens with two attached hydrogens (primary N) is 1. The Labute approximate surface area is 119 Å². The molecule has 0 atom stereocenters. The van der Waals surface area contributed by atoms with Crippen molar-refractivity contribution in [3.63, 3.8) is 0 Å². The first-order valence-corrected chi connectivity index (χ1v) is 6.15. The van der Waals surface area contributed by atoms with E-state index in [2.05, 4.69) is 9.97 Å². The van der Waals surface area contributed by atoms with Gasteiger partial charge in [-0.1, -0.05) is 6.07 Å². The van der Waals surface area contributed by atoms with Gasteiger partial charge < -0.3 is 10.5 Å². The highest BCUT2D eigenvalue weighted by molar-refractivity contribution is 5.84. The first kappa shape index (κ1) is 13.2. The number of halogens is 2. The predicted molar refractivity (Wildman–Crippen MR) is 75.9 cm³/mol. The van der Waals surface area contributed by atoms with Crippen molar-refractivity contribution in [3.8, 4) is 16.9 Å². The van der Waals surface area contributed by atoms with Crippen molar-refractivity contribution in [1.29, 1.82) is 0 Å². The second kappa shape index (κ2) is 4.97. The van der Waals surface area contributed by atoms with Gasteiger partial charge in [0, 0.05) is 11.6 Å². The van der Waals surface area contributed by atoms with Crippen LogP contribution in [0, 0.1) is 11.6 Å². The Morgan fingerprint density at radius 2 is 1.95 bits per heavy atom. The van der Waals surface area contributed by atoms with Crippen molar-refractivity contribution in [3.05, 3.63) is 48.2 Å². The molecule has 106 valence electrons. The molecule has 4 nitrogen and oxygen atoms in total. The zero-order chi connectivity index (χ0) is 15.0. The number of nitrogens with zero attached hydrogens (tertiary/aromatic N) is 2. The number of methoxy groups -OCH3 is 1. The van der Waals surface area contributed by atoms with Crippen molar-refractivity contribution in [2.75, 3.05) is 12.8 Å². The van der Waals surface area contributed by atoms with Crippen LogP contribution in [0.5, 0.6) is 5.75 Å². The van der Waals surface area contributed by atoms with E-state index in [1.165, 1.54) is 25.4 Å². The van der Waals surface area contributed by atoms with Gasteiger partial charge in [-0.3, -0.25) is 0 Å². The lowest BCUT2D eigenvalue weighted by atomic mass is 10.0. The lowest BCUT2D eigenvalue weighted by molar-refractivity contribution is 0.385. The summed E-state index contributed by atoms with van der Waals surface area (Å²) in [5, 5.41) is 0.642. The van der Waals surface area contributed by atoms with Gasteiger partial charge in [0.25, 0.3) is 0 Å². The molecule has 0 fully saturated rings. The Bertz CT molecular complexity index is 837. The third-order valence-electron chi connectivity index (χ3n) is 3.16. The number of rotatable bonds is 2. The number of nitrogen functional groups attached to an aromatic ring is 1. The summed E-state index contributed by atoms with van der Waals surface area (Å²) in [6.07, 6.45) is 1.51. The fourth-order valence-electron chi connectivity index (χ4n) is 2.16. The second-order valence-corrected chi connectivity index (χ2v) is 4.44. The van der Waals surface area contributed by atoms with Crippen LogP contribution in [0.4, 0.5) is 14.7 Å². The fourth-order valence-corrected chi connectivity index (χ4v) is 2.16.